The van der Waals surface area contributed by atoms with Gasteiger partial charge in [-0.3, -0.25) is 0 Å². The SMILES string of the molecule is Cc1cc(C)cc(OCCCn2c(-c3ccccc3C)nc3ccccc32)c1. The van der Waals surface area contributed by atoms with Crippen LogP contribution >= 0.6 is 0 Å². The summed E-state index contributed by atoms with van der Waals surface area (Å²) in [5.41, 5.74) is 7.11. The number of hydrogen-bond donors (Lipinski definition) is 0. The van der Waals surface area contributed by atoms with Crippen molar-refractivity contribution in [1.82, 2.24) is 9.55 Å². The van der Waals surface area contributed by atoms with E-state index < -0.39 is 0 Å². The lowest BCUT2D eigenvalue weighted by molar-refractivity contribution is 0.302. The monoisotopic (exact) mass is 370 g/mol. The van der Waals surface area contributed by atoms with Crippen molar-refractivity contribution >= 4 is 11.0 Å². The van der Waals surface area contributed by atoms with Crippen molar-refractivity contribution in [2.24, 2.45) is 0 Å². The molecule has 0 aliphatic heterocycles. The maximum atomic E-state index is 6.01. The second-order valence-electron chi connectivity index (χ2n) is 7.42. The highest BCUT2D eigenvalue weighted by atomic mass is 16.5. The summed E-state index contributed by atoms with van der Waals surface area (Å²) >= 11 is 0. The zero-order valence-corrected chi connectivity index (χ0v) is 16.8. The zero-order valence-electron chi connectivity index (χ0n) is 16.8. The van der Waals surface area contributed by atoms with Crippen LogP contribution in [-0.2, 0) is 6.54 Å². The maximum Gasteiger partial charge on any atom is 0.141 e. The van der Waals surface area contributed by atoms with Gasteiger partial charge >= 0.3 is 0 Å². The van der Waals surface area contributed by atoms with Crippen LogP contribution in [0, 0.1) is 20.8 Å². The number of nitrogens with zero attached hydrogens (tertiary/aromatic N) is 2. The highest BCUT2D eigenvalue weighted by molar-refractivity contribution is 5.81. The molecule has 0 fully saturated rings. The van der Waals surface area contributed by atoms with E-state index in [9.17, 15) is 0 Å². The van der Waals surface area contributed by atoms with Crippen LogP contribution in [0.1, 0.15) is 23.1 Å². The molecule has 0 aliphatic carbocycles. The van der Waals surface area contributed by atoms with Gasteiger partial charge in [0, 0.05) is 12.1 Å². The average molecular weight is 370 g/mol. The Morgan fingerprint density at radius 2 is 1.57 bits per heavy atom. The highest BCUT2D eigenvalue weighted by Gasteiger charge is 2.13. The molecule has 0 bridgehead atoms. The fraction of sp³-hybridized carbons (Fsp3) is 0.240. The number of aromatic nitrogens is 2. The van der Waals surface area contributed by atoms with Gasteiger partial charge in [-0.2, -0.15) is 0 Å². The molecular weight excluding hydrogens is 344 g/mol. The molecule has 0 radical (unpaired) electrons. The molecule has 4 rings (SSSR count). The Labute approximate surface area is 166 Å². The van der Waals surface area contributed by atoms with Crippen LogP contribution in [0.15, 0.2) is 66.7 Å². The second kappa shape index (κ2) is 7.89. The van der Waals surface area contributed by atoms with Crippen molar-refractivity contribution in [2.75, 3.05) is 6.61 Å². The molecule has 0 N–H and O–H groups in total. The molecule has 3 heteroatoms. The summed E-state index contributed by atoms with van der Waals surface area (Å²) in [7, 11) is 0. The van der Waals surface area contributed by atoms with Crippen molar-refractivity contribution < 1.29 is 4.74 Å². The average Bonchev–Trinajstić information content (AvgIpc) is 3.03. The molecule has 0 unspecified atom stereocenters. The predicted molar refractivity (Wildman–Crippen MR) is 116 cm³/mol. The summed E-state index contributed by atoms with van der Waals surface area (Å²) in [6.45, 7) is 7.90. The van der Waals surface area contributed by atoms with Gasteiger partial charge in [0.2, 0.25) is 0 Å². The summed E-state index contributed by atoms with van der Waals surface area (Å²) in [6.07, 6.45) is 0.923. The van der Waals surface area contributed by atoms with Crippen LogP contribution < -0.4 is 4.74 Å². The Morgan fingerprint density at radius 3 is 2.36 bits per heavy atom. The molecule has 0 amide bonds. The molecule has 3 aromatic carbocycles. The number of para-hydroxylation sites is 2. The van der Waals surface area contributed by atoms with Gasteiger partial charge in [-0.15, -0.1) is 0 Å². The predicted octanol–water partition coefficient (Wildman–Crippen LogP) is 6.10. The van der Waals surface area contributed by atoms with Gasteiger partial charge in [0.15, 0.2) is 0 Å². The number of fused-ring (bicyclic) bond motifs is 1. The van der Waals surface area contributed by atoms with E-state index in [1.165, 1.54) is 27.8 Å². The fourth-order valence-corrected chi connectivity index (χ4v) is 3.76. The van der Waals surface area contributed by atoms with Crippen molar-refractivity contribution in [1.29, 1.82) is 0 Å². The minimum absolute atomic E-state index is 0.683. The number of hydrogen-bond acceptors (Lipinski definition) is 2. The Kier molecular flexibility index (Phi) is 5.16. The molecule has 0 saturated carbocycles. The number of imidazole rings is 1. The molecule has 0 spiro atoms. The minimum Gasteiger partial charge on any atom is -0.494 e. The molecular formula is C25H26N2O. The third-order valence-electron chi connectivity index (χ3n) is 5.03. The number of rotatable bonds is 6. The van der Waals surface area contributed by atoms with Gasteiger partial charge in [0.25, 0.3) is 0 Å². The number of ether oxygens (including phenoxy) is 1. The smallest absolute Gasteiger partial charge is 0.141 e. The van der Waals surface area contributed by atoms with E-state index in [2.05, 4.69) is 86.0 Å². The van der Waals surface area contributed by atoms with Gasteiger partial charge in [0.1, 0.15) is 11.6 Å². The molecule has 28 heavy (non-hydrogen) atoms. The normalized spacial score (nSPS) is 11.1. The molecule has 0 saturated heterocycles. The maximum absolute atomic E-state index is 6.01. The quantitative estimate of drug-likeness (QED) is 0.384. The van der Waals surface area contributed by atoms with Crippen molar-refractivity contribution in [3.05, 3.63) is 83.4 Å². The van der Waals surface area contributed by atoms with Crippen LogP contribution in [0.2, 0.25) is 0 Å². The Balaban J connectivity index is 1.56. The molecule has 0 aliphatic rings. The third kappa shape index (κ3) is 3.79. The molecule has 1 aromatic heterocycles. The van der Waals surface area contributed by atoms with Crippen molar-refractivity contribution in [2.45, 2.75) is 33.7 Å². The first-order valence-corrected chi connectivity index (χ1v) is 9.84. The topological polar surface area (TPSA) is 27.1 Å². The van der Waals surface area contributed by atoms with E-state index in [0.717, 1.165) is 30.1 Å². The third-order valence-corrected chi connectivity index (χ3v) is 5.03. The lowest BCUT2D eigenvalue weighted by atomic mass is 10.1. The summed E-state index contributed by atoms with van der Waals surface area (Å²) < 4.78 is 8.34. The van der Waals surface area contributed by atoms with Gasteiger partial charge in [-0.1, -0.05) is 42.5 Å². The summed E-state index contributed by atoms with van der Waals surface area (Å²) in [5, 5.41) is 0. The van der Waals surface area contributed by atoms with E-state index >= 15 is 0 Å². The Bertz CT molecular complexity index is 1090. The van der Waals surface area contributed by atoms with Crippen molar-refractivity contribution in [3.8, 4) is 17.1 Å². The van der Waals surface area contributed by atoms with E-state index in [0.29, 0.717) is 6.61 Å². The van der Waals surface area contributed by atoms with Gasteiger partial charge in [0.05, 0.1) is 17.6 Å². The van der Waals surface area contributed by atoms with Gasteiger partial charge in [-0.05, 0) is 68.1 Å². The van der Waals surface area contributed by atoms with Crippen LogP contribution in [0.4, 0.5) is 0 Å². The first-order chi connectivity index (χ1) is 13.6. The standard InChI is InChI=1S/C25H26N2O/c1-18-15-19(2)17-21(16-18)28-14-8-13-27-24-12-7-6-11-23(24)26-25(27)22-10-5-4-9-20(22)3/h4-7,9-12,15-17H,8,13-14H2,1-3H3. The number of benzene rings is 3. The van der Waals surface area contributed by atoms with E-state index in [1.54, 1.807) is 0 Å². The lowest BCUT2D eigenvalue weighted by Gasteiger charge is -2.12. The molecule has 1 heterocycles. The highest BCUT2D eigenvalue weighted by Crippen LogP contribution is 2.27. The van der Waals surface area contributed by atoms with E-state index in [1.807, 2.05) is 6.07 Å². The van der Waals surface area contributed by atoms with E-state index in [-0.39, 0.29) is 0 Å². The summed E-state index contributed by atoms with van der Waals surface area (Å²) in [6, 6.07) is 23.2. The number of aryl methyl sites for hydroxylation is 4. The van der Waals surface area contributed by atoms with Crippen molar-refractivity contribution in [3.63, 3.8) is 0 Å². The lowest BCUT2D eigenvalue weighted by Crippen LogP contribution is -2.06. The molecule has 142 valence electrons. The molecule has 4 aromatic rings. The van der Waals surface area contributed by atoms with Crippen LogP contribution in [0.25, 0.3) is 22.4 Å². The second-order valence-corrected chi connectivity index (χ2v) is 7.42. The summed E-state index contributed by atoms with van der Waals surface area (Å²) in [5.74, 6) is 1.98. The van der Waals surface area contributed by atoms with Crippen LogP contribution in [-0.4, -0.2) is 16.2 Å². The van der Waals surface area contributed by atoms with Crippen LogP contribution in [0.5, 0.6) is 5.75 Å². The van der Waals surface area contributed by atoms with Gasteiger partial charge < -0.3 is 9.30 Å². The fourth-order valence-electron chi connectivity index (χ4n) is 3.76. The molecule has 0 atom stereocenters. The first-order valence-electron chi connectivity index (χ1n) is 9.84. The Morgan fingerprint density at radius 1 is 0.857 bits per heavy atom. The Hall–Kier alpha value is -3.07. The zero-order chi connectivity index (χ0) is 19.5. The summed E-state index contributed by atoms with van der Waals surface area (Å²) in [4.78, 5) is 4.93. The van der Waals surface area contributed by atoms with Gasteiger partial charge in [-0.25, -0.2) is 4.98 Å². The largest absolute Gasteiger partial charge is 0.494 e. The first kappa shape index (κ1) is 18.3. The van der Waals surface area contributed by atoms with Crippen LogP contribution in [0.3, 0.4) is 0 Å². The van der Waals surface area contributed by atoms with E-state index in [4.69, 9.17) is 9.72 Å². The molecule has 3 nitrogen and oxygen atoms in total. The minimum atomic E-state index is 0.683.